The zero-order valence-corrected chi connectivity index (χ0v) is 14.7. The number of benzene rings is 1. The maximum absolute atomic E-state index is 13.0. The quantitative estimate of drug-likeness (QED) is 0.828. The second-order valence-electron chi connectivity index (χ2n) is 5.31. The van der Waals surface area contributed by atoms with Crippen LogP contribution in [0.5, 0.6) is 11.5 Å². The molecule has 1 aromatic heterocycles. The lowest BCUT2D eigenvalue weighted by molar-refractivity contribution is 0.353. The molecule has 1 aromatic carbocycles. The van der Waals surface area contributed by atoms with Crippen LogP contribution >= 0.6 is 11.3 Å². The van der Waals surface area contributed by atoms with E-state index < -0.39 is 10.0 Å². The summed E-state index contributed by atoms with van der Waals surface area (Å²) in [5.41, 5.74) is 0. The fourth-order valence-corrected chi connectivity index (χ4v) is 5.54. The number of rotatable bonds is 5. The van der Waals surface area contributed by atoms with Crippen LogP contribution in [0.1, 0.15) is 23.8 Å². The van der Waals surface area contributed by atoms with Crippen LogP contribution in [-0.2, 0) is 10.0 Å². The van der Waals surface area contributed by atoms with Gasteiger partial charge in [0, 0.05) is 17.5 Å². The first-order valence-corrected chi connectivity index (χ1v) is 9.67. The summed E-state index contributed by atoms with van der Waals surface area (Å²) in [5, 5.41) is 1.98. The van der Waals surface area contributed by atoms with Gasteiger partial charge in [0.05, 0.1) is 25.2 Å². The molecule has 0 bridgehead atoms. The molecule has 0 amide bonds. The van der Waals surface area contributed by atoms with E-state index in [1.807, 2.05) is 17.5 Å². The van der Waals surface area contributed by atoms with E-state index >= 15 is 0 Å². The molecule has 1 aliphatic heterocycles. The Kier molecular flexibility index (Phi) is 4.61. The van der Waals surface area contributed by atoms with Gasteiger partial charge in [-0.3, -0.25) is 0 Å². The third-order valence-electron chi connectivity index (χ3n) is 4.04. The number of hydrogen-bond acceptors (Lipinski definition) is 5. The molecule has 0 unspecified atom stereocenters. The lowest BCUT2D eigenvalue weighted by Crippen LogP contribution is -2.30. The zero-order chi connectivity index (χ0) is 16.4. The molecule has 1 fully saturated rings. The highest BCUT2D eigenvalue weighted by Crippen LogP contribution is 2.39. The normalized spacial score (nSPS) is 19.0. The zero-order valence-electron chi connectivity index (χ0n) is 13.1. The van der Waals surface area contributed by atoms with E-state index in [2.05, 4.69) is 0 Å². The van der Waals surface area contributed by atoms with Gasteiger partial charge in [0.1, 0.15) is 0 Å². The van der Waals surface area contributed by atoms with Gasteiger partial charge in [0.25, 0.3) is 0 Å². The van der Waals surface area contributed by atoms with Crippen molar-refractivity contribution in [3.05, 3.63) is 40.6 Å². The molecule has 2 heterocycles. The maximum Gasteiger partial charge on any atom is 0.243 e. The van der Waals surface area contributed by atoms with Crippen molar-refractivity contribution in [2.24, 2.45) is 0 Å². The molecule has 2 aromatic rings. The van der Waals surface area contributed by atoms with E-state index in [-0.39, 0.29) is 10.9 Å². The Morgan fingerprint density at radius 2 is 1.96 bits per heavy atom. The highest BCUT2D eigenvalue weighted by atomic mass is 32.2. The highest BCUT2D eigenvalue weighted by molar-refractivity contribution is 7.89. The van der Waals surface area contributed by atoms with E-state index in [0.29, 0.717) is 18.0 Å². The summed E-state index contributed by atoms with van der Waals surface area (Å²) in [6.07, 6.45) is 1.72. The van der Waals surface area contributed by atoms with E-state index in [4.69, 9.17) is 9.47 Å². The average molecular weight is 353 g/mol. The Hall–Kier alpha value is -1.57. The fraction of sp³-hybridized carbons (Fsp3) is 0.375. The predicted molar refractivity (Wildman–Crippen MR) is 89.7 cm³/mol. The SMILES string of the molecule is COc1ccc(S(=O)(=O)N2CCC[C@H]2c2cccs2)cc1OC. The van der Waals surface area contributed by atoms with Crippen LogP contribution in [0, 0.1) is 0 Å². The Morgan fingerprint density at radius 3 is 2.61 bits per heavy atom. The Bertz CT molecular complexity index is 771. The van der Waals surface area contributed by atoms with Crippen molar-refractivity contribution in [1.29, 1.82) is 0 Å². The van der Waals surface area contributed by atoms with Crippen LogP contribution in [-0.4, -0.2) is 33.5 Å². The molecule has 0 N–H and O–H groups in total. The van der Waals surface area contributed by atoms with Gasteiger partial charge >= 0.3 is 0 Å². The van der Waals surface area contributed by atoms with Crippen molar-refractivity contribution in [2.45, 2.75) is 23.8 Å². The van der Waals surface area contributed by atoms with Crippen molar-refractivity contribution >= 4 is 21.4 Å². The van der Waals surface area contributed by atoms with Crippen LogP contribution in [0.3, 0.4) is 0 Å². The molecule has 5 nitrogen and oxygen atoms in total. The minimum Gasteiger partial charge on any atom is -0.493 e. The van der Waals surface area contributed by atoms with Gasteiger partial charge in [-0.1, -0.05) is 6.07 Å². The van der Waals surface area contributed by atoms with E-state index in [9.17, 15) is 8.42 Å². The second kappa shape index (κ2) is 6.51. The molecule has 0 aliphatic carbocycles. The standard InChI is InChI=1S/C16H19NO4S2/c1-20-14-8-7-12(11-15(14)21-2)23(18,19)17-9-3-5-13(17)16-6-4-10-22-16/h4,6-8,10-11,13H,3,5,9H2,1-2H3/t13-/m0/s1. The average Bonchev–Trinajstić information content (AvgIpc) is 3.24. The van der Waals surface area contributed by atoms with Gasteiger partial charge in [-0.15, -0.1) is 11.3 Å². The highest BCUT2D eigenvalue weighted by Gasteiger charge is 2.37. The van der Waals surface area contributed by atoms with Crippen LogP contribution < -0.4 is 9.47 Å². The predicted octanol–water partition coefficient (Wildman–Crippen LogP) is 3.29. The van der Waals surface area contributed by atoms with Crippen molar-refractivity contribution < 1.29 is 17.9 Å². The summed E-state index contributed by atoms with van der Waals surface area (Å²) in [7, 11) is -0.541. The van der Waals surface area contributed by atoms with E-state index in [1.54, 1.807) is 27.8 Å². The molecule has 23 heavy (non-hydrogen) atoms. The number of ether oxygens (including phenoxy) is 2. The Balaban J connectivity index is 1.98. The van der Waals surface area contributed by atoms with Crippen LogP contribution in [0.25, 0.3) is 0 Å². The number of hydrogen-bond donors (Lipinski definition) is 0. The molecule has 1 aliphatic rings. The second-order valence-corrected chi connectivity index (χ2v) is 8.18. The van der Waals surface area contributed by atoms with E-state index in [0.717, 1.165) is 17.7 Å². The summed E-state index contributed by atoms with van der Waals surface area (Å²) >= 11 is 1.60. The molecule has 0 saturated carbocycles. The third kappa shape index (κ3) is 2.96. The van der Waals surface area contributed by atoms with Crippen molar-refractivity contribution in [1.82, 2.24) is 4.31 Å². The molecule has 1 saturated heterocycles. The van der Waals surface area contributed by atoms with E-state index in [1.165, 1.54) is 20.3 Å². The lowest BCUT2D eigenvalue weighted by atomic mass is 10.2. The number of sulfonamides is 1. The van der Waals surface area contributed by atoms with Crippen molar-refractivity contribution in [3.63, 3.8) is 0 Å². The number of thiophene rings is 1. The van der Waals surface area contributed by atoms with Gasteiger partial charge < -0.3 is 9.47 Å². The number of nitrogens with zero attached hydrogens (tertiary/aromatic N) is 1. The van der Waals surface area contributed by atoms with Crippen LogP contribution in [0.15, 0.2) is 40.6 Å². The largest absolute Gasteiger partial charge is 0.493 e. The Labute approximate surface area is 140 Å². The summed E-state index contributed by atoms with van der Waals surface area (Å²) in [6, 6.07) is 8.60. The molecule has 7 heteroatoms. The summed E-state index contributed by atoms with van der Waals surface area (Å²) in [6.45, 7) is 0.541. The monoisotopic (exact) mass is 353 g/mol. The van der Waals surface area contributed by atoms with Crippen LogP contribution in [0.4, 0.5) is 0 Å². The van der Waals surface area contributed by atoms with Gasteiger partial charge in [-0.2, -0.15) is 4.31 Å². The maximum atomic E-state index is 13.0. The molecule has 124 valence electrons. The smallest absolute Gasteiger partial charge is 0.243 e. The van der Waals surface area contributed by atoms with Gasteiger partial charge in [0.2, 0.25) is 10.0 Å². The molecule has 1 atom stereocenters. The van der Waals surface area contributed by atoms with Crippen molar-refractivity contribution in [2.75, 3.05) is 20.8 Å². The van der Waals surface area contributed by atoms with Gasteiger partial charge in [-0.25, -0.2) is 8.42 Å². The Morgan fingerprint density at radius 1 is 1.17 bits per heavy atom. The summed E-state index contributed by atoms with van der Waals surface area (Å²) in [5.74, 6) is 0.933. The minimum atomic E-state index is -3.57. The van der Waals surface area contributed by atoms with Gasteiger partial charge in [-0.05, 0) is 36.4 Å². The molecular formula is C16H19NO4S2. The first kappa shape index (κ1) is 16.3. The van der Waals surface area contributed by atoms with Crippen LogP contribution in [0.2, 0.25) is 0 Å². The number of methoxy groups -OCH3 is 2. The summed E-state index contributed by atoms with van der Waals surface area (Å²) in [4.78, 5) is 1.32. The topological polar surface area (TPSA) is 55.8 Å². The first-order valence-electron chi connectivity index (χ1n) is 7.35. The fourth-order valence-electron chi connectivity index (χ4n) is 2.91. The molecular weight excluding hydrogens is 334 g/mol. The molecule has 3 rings (SSSR count). The minimum absolute atomic E-state index is 0.0758. The molecule has 0 spiro atoms. The van der Waals surface area contributed by atoms with Gasteiger partial charge in [0.15, 0.2) is 11.5 Å². The molecule has 0 radical (unpaired) electrons. The third-order valence-corrected chi connectivity index (χ3v) is 6.91. The first-order chi connectivity index (χ1) is 11.1. The lowest BCUT2D eigenvalue weighted by Gasteiger charge is -2.23. The van der Waals surface area contributed by atoms with Crippen molar-refractivity contribution in [3.8, 4) is 11.5 Å². The summed E-state index contributed by atoms with van der Waals surface area (Å²) < 4.78 is 38.1.